The number of unbranched alkanes of at least 4 members (excludes halogenated alkanes) is 2. The number of aromatic nitrogens is 1. The van der Waals surface area contributed by atoms with Crippen LogP contribution in [0.3, 0.4) is 0 Å². The van der Waals surface area contributed by atoms with Crippen molar-refractivity contribution in [2.24, 2.45) is 0 Å². The van der Waals surface area contributed by atoms with Crippen molar-refractivity contribution in [2.75, 3.05) is 6.54 Å². The van der Waals surface area contributed by atoms with Gasteiger partial charge in [-0.05, 0) is 37.1 Å². The molecule has 0 fully saturated rings. The number of hydrogen-bond donors (Lipinski definition) is 1. The van der Waals surface area contributed by atoms with Crippen molar-refractivity contribution in [1.29, 1.82) is 0 Å². The minimum Gasteiger partial charge on any atom is -0.347 e. The average Bonchev–Trinajstić information content (AvgIpc) is 2.69. The second-order valence-corrected chi connectivity index (χ2v) is 6.81. The van der Waals surface area contributed by atoms with Crippen LogP contribution < -0.4 is 10.7 Å². The molecule has 27 heavy (non-hydrogen) atoms. The number of halogens is 1. The molecular weight excluding hydrogens is 356 g/mol. The lowest BCUT2D eigenvalue weighted by atomic mass is 10.1. The van der Waals surface area contributed by atoms with Gasteiger partial charge in [-0.15, -0.1) is 12.4 Å². The van der Waals surface area contributed by atoms with E-state index in [0.717, 1.165) is 42.4 Å². The maximum absolute atomic E-state index is 12.8. The molecule has 1 aromatic heterocycles. The van der Waals surface area contributed by atoms with E-state index in [4.69, 9.17) is 0 Å². The fourth-order valence-corrected chi connectivity index (χ4v) is 3.35. The van der Waals surface area contributed by atoms with Gasteiger partial charge in [0, 0.05) is 30.2 Å². The third-order valence-corrected chi connectivity index (χ3v) is 4.81. The molecule has 2 aromatic carbocycles. The number of fused-ring (bicyclic) bond motifs is 1. The van der Waals surface area contributed by atoms with Crippen molar-refractivity contribution in [2.45, 2.75) is 45.7 Å². The number of pyridine rings is 1. The van der Waals surface area contributed by atoms with E-state index in [2.05, 4.69) is 53.3 Å². The molecule has 0 unspecified atom stereocenters. The molecule has 0 radical (unpaired) electrons. The summed E-state index contributed by atoms with van der Waals surface area (Å²) >= 11 is 0. The highest BCUT2D eigenvalue weighted by molar-refractivity contribution is 5.85. The number of nitrogens with one attached hydrogen (secondary N) is 1. The summed E-state index contributed by atoms with van der Waals surface area (Å²) in [5.74, 6) is 0. The summed E-state index contributed by atoms with van der Waals surface area (Å²) in [5.41, 5.74) is 3.37. The average molecular weight is 385 g/mol. The van der Waals surface area contributed by atoms with Gasteiger partial charge in [0.05, 0.1) is 5.52 Å². The molecule has 0 bridgehead atoms. The van der Waals surface area contributed by atoms with Gasteiger partial charge in [0.2, 0.25) is 0 Å². The number of nitrogens with zero attached hydrogens (tertiary/aromatic N) is 1. The van der Waals surface area contributed by atoms with Crippen molar-refractivity contribution >= 4 is 23.3 Å². The number of rotatable bonds is 9. The van der Waals surface area contributed by atoms with Crippen LogP contribution in [0.1, 0.15) is 37.3 Å². The summed E-state index contributed by atoms with van der Waals surface area (Å²) in [7, 11) is 0. The number of hydrogen-bond acceptors (Lipinski definition) is 2. The zero-order chi connectivity index (χ0) is 18.2. The first-order valence-corrected chi connectivity index (χ1v) is 9.65. The van der Waals surface area contributed by atoms with Crippen LogP contribution in [-0.4, -0.2) is 11.1 Å². The second-order valence-electron chi connectivity index (χ2n) is 6.81. The standard InChI is InChI=1S/C23H28N2O.ClH/c1-2-3-9-16-25-18-20(23(26)21-12-7-8-13-22(21)25)17-24-15-14-19-10-5-4-6-11-19;/h4-8,10-13,18,24H,2-3,9,14-17H2,1H3;1H. The van der Waals surface area contributed by atoms with E-state index in [0.29, 0.717) is 6.54 Å². The molecule has 0 aliphatic rings. The van der Waals surface area contributed by atoms with Crippen molar-refractivity contribution in [1.82, 2.24) is 9.88 Å². The smallest absolute Gasteiger partial charge is 0.193 e. The lowest BCUT2D eigenvalue weighted by Crippen LogP contribution is -2.23. The Balaban J connectivity index is 0.00000261. The zero-order valence-corrected chi connectivity index (χ0v) is 16.8. The maximum Gasteiger partial charge on any atom is 0.193 e. The largest absolute Gasteiger partial charge is 0.347 e. The fourth-order valence-electron chi connectivity index (χ4n) is 3.35. The molecule has 0 saturated carbocycles. The molecule has 0 amide bonds. The summed E-state index contributed by atoms with van der Waals surface area (Å²) in [6.07, 6.45) is 6.58. The van der Waals surface area contributed by atoms with Crippen molar-refractivity contribution < 1.29 is 0 Å². The molecule has 144 valence electrons. The van der Waals surface area contributed by atoms with Crippen LogP contribution in [0.5, 0.6) is 0 Å². The van der Waals surface area contributed by atoms with Gasteiger partial charge in [-0.25, -0.2) is 0 Å². The van der Waals surface area contributed by atoms with Crippen LogP contribution in [0.4, 0.5) is 0 Å². The van der Waals surface area contributed by atoms with Gasteiger partial charge in [0.15, 0.2) is 5.43 Å². The summed E-state index contributed by atoms with van der Waals surface area (Å²) in [6.45, 7) is 4.66. The molecule has 1 heterocycles. The van der Waals surface area contributed by atoms with Crippen LogP contribution in [-0.2, 0) is 19.5 Å². The van der Waals surface area contributed by atoms with Crippen LogP contribution >= 0.6 is 12.4 Å². The lowest BCUT2D eigenvalue weighted by molar-refractivity contribution is 0.606. The lowest BCUT2D eigenvalue weighted by Gasteiger charge is -2.14. The fraction of sp³-hybridized carbons (Fsp3) is 0.348. The van der Waals surface area contributed by atoms with Gasteiger partial charge in [-0.1, -0.05) is 62.2 Å². The summed E-state index contributed by atoms with van der Waals surface area (Å²) < 4.78 is 2.25. The topological polar surface area (TPSA) is 34.0 Å². The van der Waals surface area contributed by atoms with E-state index in [1.807, 2.05) is 24.3 Å². The van der Waals surface area contributed by atoms with E-state index in [1.54, 1.807) is 0 Å². The first kappa shape index (κ1) is 21.2. The predicted molar refractivity (Wildman–Crippen MR) is 117 cm³/mol. The van der Waals surface area contributed by atoms with Crippen molar-refractivity contribution in [3.8, 4) is 0 Å². The molecule has 0 atom stereocenters. The highest BCUT2D eigenvalue weighted by atomic mass is 35.5. The van der Waals surface area contributed by atoms with Crippen LogP contribution in [0, 0.1) is 0 Å². The normalized spacial score (nSPS) is 10.7. The Morgan fingerprint density at radius 3 is 2.48 bits per heavy atom. The molecule has 0 aliphatic carbocycles. The Hall–Kier alpha value is -2.10. The minimum atomic E-state index is 0. The Morgan fingerprint density at radius 2 is 1.70 bits per heavy atom. The summed E-state index contributed by atoms with van der Waals surface area (Å²) in [6, 6.07) is 18.4. The quantitative estimate of drug-likeness (QED) is 0.530. The van der Waals surface area contributed by atoms with Crippen molar-refractivity contribution in [3.05, 3.63) is 82.1 Å². The maximum atomic E-state index is 12.8. The highest BCUT2D eigenvalue weighted by Gasteiger charge is 2.08. The molecule has 0 saturated heterocycles. The van der Waals surface area contributed by atoms with Crippen molar-refractivity contribution in [3.63, 3.8) is 0 Å². The van der Waals surface area contributed by atoms with Gasteiger partial charge >= 0.3 is 0 Å². The van der Waals surface area contributed by atoms with Gasteiger partial charge in [0.25, 0.3) is 0 Å². The number of aryl methyl sites for hydroxylation is 1. The molecule has 1 N–H and O–H groups in total. The Kier molecular flexibility index (Phi) is 8.56. The van der Waals surface area contributed by atoms with E-state index in [-0.39, 0.29) is 17.8 Å². The highest BCUT2D eigenvalue weighted by Crippen LogP contribution is 2.13. The van der Waals surface area contributed by atoms with Gasteiger partial charge < -0.3 is 9.88 Å². The van der Waals surface area contributed by atoms with E-state index in [1.165, 1.54) is 18.4 Å². The number of para-hydroxylation sites is 1. The molecule has 0 spiro atoms. The second kappa shape index (κ2) is 10.9. The molecule has 3 nitrogen and oxygen atoms in total. The van der Waals surface area contributed by atoms with E-state index < -0.39 is 0 Å². The van der Waals surface area contributed by atoms with Gasteiger partial charge in [-0.3, -0.25) is 4.79 Å². The first-order chi connectivity index (χ1) is 12.8. The monoisotopic (exact) mass is 384 g/mol. The van der Waals surface area contributed by atoms with Gasteiger partial charge in [0.1, 0.15) is 0 Å². The third kappa shape index (κ3) is 5.69. The van der Waals surface area contributed by atoms with Gasteiger partial charge in [-0.2, -0.15) is 0 Å². The molecule has 3 aromatic rings. The molecular formula is C23H29ClN2O. The summed E-state index contributed by atoms with van der Waals surface area (Å²) in [5, 5.41) is 4.26. The summed E-state index contributed by atoms with van der Waals surface area (Å²) in [4.78, 5) is 12.8. The molecule has 0 aliphatic heterocycles. The Labute approximate surface area is 167 Å². The SMILES string of the molecule is CCCCCn1cc(CNCCc2ccccc2)c(=O)c2ccccc21.Cl. The zero-order valence-electron chi connectivity index (χ0n) is 16.0. The number of benzene rings is 2. The minimum absolute atomic E-state index is 0. The first-order valence-electron chi connectivity index (χ1n) is 9.65. The molecule has 3 rings (SSSR count). The van der Waals surface area contributed by atoms with Crippen LogP contribution in [0.2, 0.25) is 0 Å². The third-order valence-electron chi connectivity index (χ3n) is 4.81. The van der Waals surface area contributed by atoms with Crippen LogP contribution in [0.15, 0.2) is 65.6 Å². The van der Waals surface area contributed by atoms with Crippen LogP contribution in [0.25, 0.3) is 10.9 Å². The predicted octanol–water partition coefficient (Wildman–Crippen LogP) is 4.95. The van der Waals surface area contributed by atoms with E-state index in [9.17, 15) is 4.79 Å². The molecule has 4 heteroatoms. The Morgan fingerprint density at radius 1 is 0.963 bits per heavy atom. The van der Waals surface area contributed by atoms with E-state index >= 15 is 0 Å². The Bertz CT molecular complexity index is 890.